The number of allylic oxidation sites excluding steroid dienone is 2. The minimum Gasteiger partial charge on any atom is -0.468 e. The minimum absolute atomic E-state index is 0.339. The van der Waals surface area contributed by atoms with Crippen molar-refractivity contribution in [3.8, 4) is 5.75 Å². The van der Waals surface area contributed by atoms with Gasteiger partial charge in [0.15, 0.2) is 6.79 Å². The monoisotopic (exact) mass is 472 g/mol. The van der Waals surface area contributed by atoms with Gasteiger partial charge < -0.3 is 9.47 Å². The van der Waals surface area contributed by atoms with Crippen LogP contribution in [0.2, 0.25) is 0 Å². The standard InChI is InChI=1S/C33H44O2/c1-3-5-26-7-9-28(10-8-26)23-29-11-13-30(14-12-29)24-31-17-21-33(22-18-31)35-25-34-32-19-15-27(6-4-2)16-20-32/h3-4,11-14,17-18,21-22,26-28,32H,1-2,5-10,15-16,19-20,23-25H2. The zero-order valence-corrected chi connectivity index (χ0v) is 21.5. The Labute approximate surface area is 213 Å². The van der Waals surface area contributed by atoms with Gasteiger partial charge in [-0.2, -0.15) is 0 Å². The number of rotatable bonds is 12. The second-order valence-electron chi connectivity index (χ2n) is 10.8. The summed E-state index contributed by atoms with van der Waals surface area (Å²) in [4.78, 5) is 0. The molecule has 0 heterocycles. The molecule has 0 bridgehead atoms. The molecule has 188 valence electrons. The molecule has 2 nitrogen and oxygen atoms in total. The Balaban J connectivity index is 1.15. The molecule has 0 unspecified atom stereocenters. The van der Waals surface area contributed by atoms with E-state index in [1.807, 2.05) is 6.08 Å². The van der Waals surface area contributed by atoms with Crippen molar-refractivity contribution in [2.45, 2.75) is 83.2 Å². The molecule has 0 amide bonds. The molecule has 2 aliphatic rings. The van der Waals surface area contributed by atoms with Crippen molar-refractivity contribution in [3.63, 3.8) is 0 Å². The van der Waals surface area contributed by atoms with Gasteiger partial charge in [0.1, 0.15) is 5.75 Å². The summed E-state index contributed by atoms with van der Waals surface area (Å²) in [7, 11) is 0. The molecule has 0 radical (unpaired) electrons. The predicted molar refractivity (Wildman–Crippen MR) is 147 cm³/mol. The van der Waals surface area contributed by atoms with Crippen LogP contribution < -0.4 is 4.74 Å². The smallest absolute Gasteiger partial charge is 0.189 e. The lowest BCUT2D eigenvalue weighted by Gasteiger charge is -2.28. The van der Waals surface area contributed by atoms with Crippen molar-refractivity contribution in [2.75, 3.05) is 6.79 Å². The Bertz CT molecular complexity index is 882. The van der Waals surface area contributed by atoms with Crippen LogP contribution in [0.4, 0.5) is 0 Å². The molecule has 0 aliphatic heterocycles. The third kappa shape index (κ3) is 8.39. The summed E-state index contributed by atoms with van der Waals surface area (Å²) in [6, 6.07) is 17.8. The molecule has 2 aromatic carbocycles. The molecule has 0 N–H and O–H groups in total. The zero-order valence-electron chi connectivity index (χ0n) is 21.5. The van der Waals surface area contributed by atoms with E-state index in [2.05, 4.69) is 67.8 Å². The summed E-state index contributed by atoms with van der Waals surface area (Å²) in [5, 5.41) is 0. The van der Waals surface area contributed by atoms with E-state index >= 15 is 0 Å². The predicted octanol–water partition coefficient (Wildman–Crippen LogP) is 8.69. The fraction of sp³-hybridized carbons (Fsp3) is 0.515. The van der Waals surface area contributed by atoms with Crippen LogP contribution in [0.15, 0.2) is 73.8 Å². The summed E-state index contributed by atoms with van der Waals surface area (Å²) in [6.07, 6.45) is 19.2. The van der Waals surface area contributed by atoms with Crippen LogP contribution in [0.3, 0.4) is 0 Å². The molecule has 2 aliphatic carbocycles. The van der Waals surface area contributed by atoms with Crippen molar-refractivity contribution < 1.29 is 9.47 Å². The first-order chi connectivity index (χ1) is 17.2. The molecule has 2 fully saturated rings. The van der Waals surface area contributed by atoms with Crippen molar-refractivity contribution in [1.29, 1.82) is 0 Å². The molecule has 2 saturated carbocycles. The fourth-order valence-corrected chi connectivity index (χ4v) is 5.94. The van der Waals surface area contributed by atoms with Gasteiger partial charge >= 0.3 is 0 Å². The van der Waals surface area contributed by atoms with E-state index in [4.69, 9.17) is 9.47 Å². The molecule has 0 atom stereocenters. The molecule has 0 saturated heterocycles. The summed E-state index contributed by atoms with van der Waals surface area (Å²) in [6.45, 7) is 8.11. The van der Waals surface area contributed by atoms with Gasteiger partial charge in [0.2, 0.25) is 0 Å². The molecular weight excluding hydrogens is 428 g/mol. The molecule has 0 aromatic heterocycles. The Morgan fingerprint density at radius 2 is 1.11 bits per heavy atom. The number of hydrogen-bond donors (Lipinski definition) is 0. The summed E-state index contributed by atoms with van der Waals surface area (Å²) < 4.78 is 11.8. The van der Waals surface area contributed by atoms with E-state index in [-0.39, 0.29) is 0 Å². The third-order valence-corrected chi connectivity index (χ3v) is 8.17. The maximum absolute atomic E-state index is 5.97. The topological polar surface area (TPSA) is 18.5 Å². The summed E-state index contributed by atoms with van der Waals surface area (Å²) in [5.74, 6) is 3.41. The third-order valence-electron chi connectivity index (χ3n) is 8.17. The van der Waals surface area contributed by atoms with Gasteiger partial charge in [-0.1, -0.05) is 48.6 Å². The number of ether oxygens (including phenoxy) is 2. The van der Waals surface area contributed by atoms with E-state index in [0.29, 0.717) is 12.9 Å². The normalized spacial score (nSPS) is 24.6. The molecule has 4 rings (SSSR count). The average molecular weight is 473 g/mol. The van der Waals surface area contributed by atoms with Crippen LogP contribution in [0.1, 0.15) is 80.9 Å². The Morgan fingerprint density at radius 1 is 0.629 bits per heavy atom. The fourth-order valence-electron chi connectivity index (χ4n) is 5.94. The van der Waals surface area contributed by atoms with Gasteiger partial charge in [-0.15, -0.1) is 13.2 Å². The van der Waals surface area contributed by atoms with E-state index in [0.717, 1.165) is 49.2 Å². The molecule has 2 heteroatoms. The minimum atomic E-state index is 0.339. The Morgan fingerprint density at radius 3 is 1.69 bits per heavy atom. The molecule has 35 heavy (non-hydrogen) atoms. The van der Waals surface area contributed by atoms with E-state index in [1.165, 1.54) is 68.1 Å². The highest BCUT2D eigenvalue weighted by Gasteiger charge is 2.21. The lowest BCUT2D eigenvalue weighted by atomic mass is 9.78. The number of benzene rings is 2. The average Bonchev–Trinajstić information content (AvgIpc) is 2.89. The maximum Gasteiger partial charge on any atom is 0.189 e. The van der Waals surface area contributed by atoms with Crippen molar-refractivity contribution in [1.82, 2.24) is 0 Å². The maximum atomic E-state index is 5.97. The molecular formula is C33H44O2. The Hall–Kier alpha value is -2.32. The van der Waals surface area contributed by atoms with Gasteiger partial charge in [0, 0.05) is 0 Å². The highest BCUT2D eigenvalue weighted by atomic mass is 16.7. The van der Waals surface area contributed by atoms with Crippen molar-refractivity contribution in [3.05, 3.63) is 90.5 Å². The van der Waals surface area contributed by atoms with Crippen LogP contribution in [0.25, 0.3) is 0 Å². The Kier molecular flexibility index (Phi) is 10.1. The van der Waals surface area contributed by atoms with Crippen LogP contribution in [0.5, 0.6) is 5.75 Å². The zero-order chi connectivity index (χ0) is 24.3. The molecule has 2 aromatic rings. The second-order valence-corrected chi connectivity index (χ2v) is 10.8. The van der Waals surface area contributed by atoms with Crippen LogP contribution >= 0.6 is 0 Å². The first-order valence-corrected chi connectivity index (χ1v) is 13.8. The highest BCUT2D eigenvalue weighted by molar-refractivity contribution is 5.32. The van der Waals surface area contributed by atoms with E-state index < -0.39 is 0 Å². The summed E-state index contributed by atoms with van der Waals surface area (Å²) >= 11 is 0. The first kappa shape index (κ1) is 25.8. The van der Waals surface area contributed by atoms with Gasteiger partial charge in [-0.05, 0) is 124 Å². The second kappa shape index (κ2) is 13.7. The quantitative estimate of drug-likeness (QED) is 0.227. The highest BCUT2D eigenvalue weighted by Crippen LogP contribution is 2.33. The summed E-state index contributed by atoms with van der Waals surface area (Å²) in [5.41, 5.74) is 4.17. The van der Waals surface area contributed by atoms with E-state index in [9.17, 15) is 0 Å². The van der Waals surface area contributed by atoms with E-state index in [1.54, 1.807) is 0 Å². The van der Waals surface area contributed by atoms with Gasteiger partial charge in [-0.25, -0.2) is 0 Å². The first-order valence-electron chi connectivity index (χ1n) is 13.8. The van der Waals surface area contributed by atoms with Crippen molar-refractivity contribution >= 4 is 0 Å². The van der Waals surface area contributed by atoms with Gasteiger partial charge in [-0.3, -0.25) is 0 Å². The van der Waals surface area contributed by atoms with Gasteiger partial charge in [0.05, 0.1) is 6.10 Å². The lowest BCUT2D eigenvalue weighted by molar-refractivity contribution is -0.0548. The van der Waals surface area contributed by atoms with Gasteiger partial charge in [0.25, 0.3) is 0 Å². The van der Waals surface area contributed by atoms with Crippen LogP contribution in [-0.2, 0) is 17.6 Å². The van der Waals surface area contributed by atoms with Crippen LogP contribution in [0, 0.1) is 17.8 Å². The molecule has 0 spiro atoms. The largest absolute Gasteiger partial charge is 0.468 e. The number of hydrogen-bond acceptors (Lipinski definition) is 2. The lowest BCUT2D eigenvalue weighted by Crippen LogP contribution is -2.23. The van der Waals surface area contributed by atoms with Crippen LogP contribution in [-0.4, -0.2) is 12.9 Å². The van der Waals surface area contributed by atoms with Crippen molar-refractivity contribution in [2.24, 2.45) is 17.8 Å². The SMILES string of the molecule is C=CCC1CCC(Cc2ccc(Cc3ccc(OCOC4CCC(CC=C)CC4)cc3)cc2)CC1.